The van der Waals surface area contributed by atoms with Crippen LogP contribution in [0.3, 0.4) is 0 Å². The molecule has 1 heterocycles. The van der Waals surface area contributed by atoms with Crippen LogP contribution in [0.5, 0.6) is 0 Å². The minimum atomic E-state index is -0.965. The molecule has 0 saturated heterocycles. The van der Waals surface area contributed by atoms with E-state index in [0.717, 1.165) is 11.1 Å². The maximum atomic E-state index is 13.7. The Morgan fingerprint density at radius 2 is 1.33 bits per heavy atom. The fraction of sp³-hybridized carbons (Fsp3) is 0.150. The summed E-state index contributed by atoms with van der Waals surface area (Å²) in [6.07, 6.45) is 1.45. The highest BCUT2D eigenvalue weighted by Crippen LogP contribution is 2.29. The van der Waals surface area contributed by atoms with Crippen LogP contribution in [0.15, 0.2) is 121 Å². The summed E-state index contributed by atoms with van der Waals surface area (Å²) < 4.78 is 11.2. The lowest BCUT2D eigenvalue weighted by molar-refractivity contribution is -0.148. The van der Waals surface area contributed by atoms with Gasteiger partial charge in [0, 0.05) is 28.6 Å². The van der Waals surface area contributed by atoms with Crippen LogP contribution in [-0.2, 0) is 27.5 Å². The van der Waals surface area contributed by atoms with Gasteiger partial charge in [-0.1, -0.05) is 86.6 Å². The number of esters is 2. The number of nitrogens with zero attached hydrogens (tertiary/aromatic N) is 1. The largest absolute Gasteiger partial charge is 0.459 e. The summed E-state index contributed by atoms with van der Waals surface area (Å²) in [6.45, 7) is 3.60. The molecule has 51 heavy (non-hydrogen) atoms. The van der Waals surface area contributed by atoms with Gasteiger partial charge in [-0.05, 0) is 65.1 Å². The SMILES string of the molecule is CC(C)[C@H](NC(=O)c1ccc(-c2cccnc2C(=O)Nc2ccc(C(=N)N)cc2)c(C(=O)OCc2ccccc2)c1)C(=O)OCc1ccccc1. The minimum absolute atomic E-state index is 0.0131. The third-order valence-electron chi connectivity index (χ3n) is 7.91. The van der Waals surface area contributed by atoms with Crippen molar-refractivity contribution >= 4 is 35.3 Å². The van der Waals surface area contributed by atoms with E-state index in [1.807, 2.05) is 60.7 Å². The summed E-state index contributed by atoms with van der Waals surface area (Å²) >= 11 is 0. The van der Waals surface area contributed by atoms with Gasteiger partial charge in [-0.3, -0.25) is 20.0 Å². The number of ether oxygens (including phenoxy) is 2. The lowest BCUT2D eigenvalue weighted by Gasteiger charge is -2.21. The van der Waals surface area contributed by atoms with Gasteiger partial charge in [-0.2, -0.15) is 0 Å². The van der Waals surface area contributed by atoms with Crippen molar-refractivity contribution in [1.29, 1.82) is 5.41 Å². The molecule has 2 amide bonds. The summed E-state index contributed by atoms with van der Waals surface area (Å²) in [4.78, 5) is 58.3. The quantitative estimate of drug-likeness (QED) is 0.0651. The number of aromatic nitrogens is 1. The van der Waals surface area contributed by atoms with E-state index < -0.39 is 29.8 Å². The number of hydrogen-bond acceptors (Lipinski definition) is 8. The molecule has 1 aromatic heterocycles. The van der Waals surface area contributed by atoms with Crippen molar-refractivity contribution in [3.8, 4) is 11.1 Å². The Labute approximate surface area is 295 Å². The van der Waals surface area contributed by atoms with E-state index >= 15 is 0 Å². The van der Waals surface area contributed by atoms with Crippen molar-refractivity contribution in [2.24, 2.45) is 11.7 Å². The number of amides is 2. The number of nitrogen functional groups attached to an aromatic ring is 1. The molecular formula is C40H37N5O6. The predicted molar refractivity (Wildman–Crippen MR) is 193 cm³/mol. The first-order valence-electron chi connectivity index (χ1n) is 16.2. The predicted octanol–water partition coefficient (Wildman–Crippen LogP) is 6.14. The van der Waals surface area contributed by atoms with Gasteiger partial charge < -0.3 is 25.8 Å². The fourth-order valence-electron chi connectivity index (χ4n) is 5.16. The second-order valence-corrected chi connectivity index (χ2v) is 12.0. The number of nitrogens with two attached hydrogens (primary N) is 1. The van der Waals surface area contributed by atoms with Crippen LogP contribution in [-0.4, -0.2) is 40.6 Å². The fourth-order valence-corrected chi connectivity index (χ4v) is 5.16. The number of carbonyl (C=O) groups excluding carboxylic acids is 4. The van der Waals surface area contributed by atoms with Crippen molar-refractivity contribution in [3.05, 3.63) is 155 Å². The van der Waals surface area contributed by atoms with Crippen molar-refractivity contribution in [1.82, 2.24) is 10.3 Å². The van der Waals surface area contributed by atoms with Crippen molar-refractivity contribution in [3.63, 3.8) is 0 Å². The van der Waals surface area contributed by atoms with Gasteiger partial charge in [0.25, 0.3) is 11.8 Å². The van der Waals surface area contributed by atoms with Crippen LogP contribution >= 0.6 is 0 Å². The van der Waals surface area contributed by atoms with E-state index in [0.29, 0.717) is 22.4 Å². The highest BCUT2D eigenvalue weighted by molar-refractivity contribution is 6.10. The molecular weight excluding hydrogens is 646 g/mol. The second-order valence-electron chi connectivity index (χ2n) is 12.0. The molecule has 4 aromatic carbocycles. The zero-order chi connectivity index (χ0) is 36.3. The third-order valence-corrected chi connectivity index (χ3v) is 7.91. The smallest absolute Gasteiger partial charge is 0.339 e. The molecule has 0 radical (unpaired) electrons. The van der Waals surface area contributed by atoms with E-state index in [9.17, 15) is 19.2 Å². The molecule has 0 aliphatic rings. The highest BCUT2D eigenvalue weighted by Gasteiger charge is 2.28. The molecule has 5 N–H and O–H groups in total. The number of carbonyl (C=O) groups is 4. The van der Waals surface area contributed by atoms with E-state index in [1.54, 1.807) is 56.3 Å². The molecule has 1 atom stereocenters. The van der Waals surface area contributed by atoms with Crippen molar-refractivity contribution < 1.29 is 28.7 Å². The Hall–Kier alpha value is -6.62. The van der Waals surface area contributed by atoms with Gasteiger partial charge in [-0.25, -0.2) is 9.59 Å². The Kier molecular flexibility index (Phi) is 11.7. The number of hydrogen-bond donors (Lipinski definition) is 4. The molecule has 0 spiro atoms. The number of rotatable bonds is 13. The number of amidine groups is 1. The Morgan fingerprint density at radius 3 is 1.94 bits per heavy atom. The summed E-state index contributed by atoms with van der Waals surface area (Å²) in [7, 11) is 0. The van der Waals surface area contributed by atoms with Gasteiger partial charge in [0.15, 0.2) is 0 Å². The number of pyridine rings is 1. The third kappa shape index (κ3) is 9.30. The normalized spacial score (nSPS) is 11.3. The van der Waals surface area contributed by atoms with Gasteiger partial charge in [0.2, 0.25) is 0 Å². The molecule has 11 heteroatoms. The molecule has 0 fully saturated rings. The van der Waals surface area contributed by atoms with Gasteiger partial charge in [0.05, 0.1) is 5.56 Å². The Morgan fingerprint density at radius 1 is 0.725 bits per heavy atom. The maximum absolute atomic E-state index is 13.7. The van der Waals surface area contributed by atoms with E-state index in [2.05, 4.69) is 15.6 Å². The summed E-state index contributed by atoms with van der Waals surface area (Å²) in [5.74, 6) is -2.90. The molecule has 0 aliphatic heterocycles. The molecule has 0 saturated carbocycles. The molecule has 0 aliphatic carbocycles. The molecule has 0 bridgehead atoms. The number of benzene rings is 4. The Bertz CT molecular complexity index is 2030. The lowest BCUT2D eigenvalue weighted by Crippen LogP contribution is -2.45. The van der Waals surface area contributed by atoms with Crippen molar-refractivity contribution in [2.75, 3.05) is 5.32 Å². The van der Waals surface area contributed by atoms with Crippen LogP contribution in [0, 0.1) is 11.3 Å². The average molecular weight is 684 g/mol. The van der Waals surface area contributed by atoms with Crippen LogP contribution in [0.1, 0.15) is 61.7 Å². The molecule has 11 nitrogen and oxygen atoms in total. The van der Waals surface area contributed by atoms with E-state index in [-0.39, 0.29) is 41.8 Å². The van der Waals surface area contributed by atoms with Crippen molar-refractivity contribution in [2.45, 2.75) is 33.1 Å². The van der Waals surface area contributed by atoms with Crippen LogP contribution in [0.2, 0.25) is 0 Å². The second kappa shape index (κ2) is 16.7. The number of nitrogens with one attached hydrogen (secondary N) is 3. The van der Waals surface area contributed by atoms with Crippen LogP contribution in [0.25, 0.3) is 11.1 Å². The summed E-state index contributed by atoms with van der Waals surface area (Å²) in [5.41, 5.74) is 8.80. The van der Waals surface area contributed by atoms with Gasteiger partial charge in [-0.15, -0.1) is 0 Å². The minimum Gasteiger partial charge on any atom is -0.459 e. The van der Waals surface area contributed by atoms with Gasteiger partial charge >= 0.3 is 11.9 Å². The van der Waals surface area contributed by atoms with E-state index in [1.165, 1.54) is 18.3 Å². The lowest BCUT2D eigenvalue weighted by atomic mass is 9.95. The first-order valence-corrected chi connectivity index (χ1v) is 16.2. The first-order chi connectivity index (χ1) is 24.6. The zero-order valence-electron chi connectivity index (χ0n) is 28.1. The highest BCUT2D eigenvalue weighted by atomic mass is 16.5. The van der Waals surface area contributed by atoms with Gasteiger partial charge in [0.1, 0.15) is 30.8 Å². The maximum Gasteiger partial charge on any atom is 0.339 e. The van der Waals surface area contributed by atoms with E-state index in [4.69, 9.17) is 20.6 Å². The monoisotopic (exact) mass is 683 g/mol. The average Bonchev–Trinajstić information content (AvgIpc) is 3.15. The topological polar surface area (TPSA) is 174 Å². The standard InChI is InChI=1S/C40H37N5O6/c1-25(2)34(40(49)51-24-27-12-7-4-8-13-27)45-37(46)29-17-20-31(33(22-29)39(48)50-23-26-10-5-3-6-11-26)32-14-9-21-43-35(32)38(47)44-30-18-15-28(16-19-30)36(41)42/h3-22,25,34H,23-24H2,1-2H3,(H3,41,42)(H,44,47)(H,45,46)/t34-/m0/s1. The summed E-state index contributed by atoms with van der Waals surface area (Å²) in [6, 6.07) is 31.5. The summed E-state index contributed by atoms with van der Waals surface area (Å²) in [5, 5.41) is 13.1. The van der Waals surface area contributed by atoms with Crippen LogP contribution in [0.4, 0.5) is 5.69 Å². The van der Waals surface area contributed by atoms with Crippen LogP contribution < -0.4 is 16.4 Å². The molecule has 5 rings (SSSR count). The molecule has 0 unspecified atom stereocenters. The molecule has 258 valence electrons. The number of anilines is 1. The zero-order valence-corrected chi connectivity index (χ0v) is 28.1. The Balaban J connectivity index is 1.44. The molecule has 5 aromatic rings. The first kappa shape index (κ1) is 35.7.